The Morgan fingerprint density at radius 1 is 0.952 bits per heavy atom. The third kappa shape index (κ3) is 3.76. The van der Waals surface area contributed by atoms with Crippen LogP contribution in [0, 0.1) is 6.92 Å². The molecule has 0 fully saturated rings. The van der Waals surface area contributed by atoms with E-state index in [0.717, 1.165) is 18.2 Å². The maximum absolute atomic E-state index is 11.6. The number of carbonyl (C=O) groups excluding carboxylic acids is 2. The van der Waals surface area contributed by atoms with Crippen molar-refractivity contribution in [3.05, 3.63) is 11.6 Å². The Bertz CT molecular complexity index is 910. The van der Waals surface area contributed by atoms with Crippen molar-refractivity contribution in [2.75, 3.05) is 0 Å². The minimum atomic E-state index is -4.61. The molecule has 0 aliphatic carbocycles. The molecule has 0 unspecified atom stereocenters. The molecule has 0 heterocycles. The van der Waals surface area contributed by atoms with Gasteiger partial charge in [0.15, 0.2) is 0 Å². The molecule has 0 saturated carbocycles. The van der Waals surface area contributed by atoms with E-state index in [9.17, 15) is 26.4 Å². The minimum Gasteiger partial charge on any atom is -0.211 e. The molecule has 0 spiro atoms. The van der Waals surface area contributed by atoms with Gasteiger partial charge in [-0.05, 0) is 18.6 Å². The largest absolute Gasteiger partial charge is 0.265 e. The fraction of sp³-hybridized carbons (Fsp3) is 0.111. The van der Waals surface area contributed by atoms with E-state index in [0.29, 0.717) is 0 Å². The van der Waals surface area contributed by atoms with E-state index in [4.69, 9.17) is 21.4 Å². The third-order valence-electron chi connectivity index (χ3n) is 2.21. The molecule has 1 aromatic carbocycles. The van der Waals surface area contributed by atoms with Crippen LogP contribution >= 0.6 is 21.4 Å². The number of aryl methyl sites for hydroxylation is 1. The van der Waals surface area contributed by atoms with Gasteiger partial charge in [-0.15, -0.1) is 0 Å². The Morgan fingerprint density at radius 3 is 1.81 bits per heavy atom. The monoisotopic (exact) mass is 370 g/mol. The molecule has 0 radical (unpaired) electrons. The lowest BCUT2D eigenvalue weighted by Crippen LogP contribution is -2.01. The van der Waals surface area contributed by atoms with Crippen molar-refractivity contribution in [2.45, 2.75) is 16.7 Å². The number of hydrogen-bond acceptors (Lipinski definition) is 8. The van der Waals surface area contributed by atoms with Gasteiger partial charge in [0, 0.05) is 21.4 Å². The second kappa shape index (κ2) is 6.07. The summed E-state index contributed by atoms with van der Waals surface area (Å²) in [7, 11) is 1.28. The van der Waals surface area contributed by atoms with Crippen molar-refractivity contribution in [1.29, 1.82) is 0 Å². The van der Waals surface area contributed by atoms with Crippen molar-refractivity contribution < 1.29 is 26.4 Å². The van der Waals surface area contributed by atoms with Gasteiger partial charge in [0.05, 0.1) is 0 Å². The lowest BCUT2D eigenvalue weighted by Gasteiger charge is -2.10. The van der Waals surface area contributed by atoms with Gasteiger partial charge in [-0.25, -0.2) is 26.4 Å². The summed E-state index contributed by atoms with van der Waals surface area (Å²) in [6, 6.07) is 0.889. The summed E-state index contributed by atoms with van der Waals surface area (Å²) in [4.78, 5) is 25.2. The molecular weight excluding hydrogens is 367 g/mol. The predicted molar refractivity (Wildman–Crippen MR) is 72.8 cm³/mol. The highest BCUT2D eigenvalue weighted by atomic mass is 35.7. The third-order valence-corrected chi connectivity index (χ3v) is 4.88. The molecule has 0 aliphatic heterocycles. The zero-order chi connectivity index (χ0) is 16.4. The molecule has 1 rings (SSSR count). The highest BCUT2D eigenvalue weighted by Crippen LogP contribution is 2.43. The van der Waals surface area contributed by atoms with E-state index in [1.807, 2.05) is 0 Å². The summed E-state index contributed by atoms with van der Waals surface area (Å²) < 4.78 is 46.1. The van der Waals surface area contributed by atoms with Crippen LogP contribution in [0.1, 0.15) is 5.56 Å². The van der Waals surface area contributed by atoms with Gasteiger partial charge in [0.25, 0.3) is 18.1 Å². The van der Waals surface area contributed by atoms with Crippen LogP contribution in [0.3, 0.4) is 0 Å². The van der Waals surface area contributed by atoms with Gasteiger partial charge in [0.2, 0.25) is 12.2 Å². The molecule has 8 nitrogen and oxygen atoms in total. The number of rotatable bonds is 4. The molecule has 0 saturated heterocycles. The summed E-state index contributed by atoms with van der Waals surface area (Å²) in [5.41, 5.74) is -1.44. The number of aliphatic imine (C=N–C) groups is 2. The van der Waals surface area contributed by atoms with Crippen LogP contribution in [0.4, 0.5) is 11.4 Å². The predicted octanol–water partition coefficient (Wildman–Crippen LogP) is 1.78. The van der Waals surface area contributed by atoms with Crippen LogP contribution in [0.5, 0.6) is 0 Å². The fourth-order valence-corrected chi connectivity index (χ4v) is 3.87. The van der Waals surface area contributed by atoms with E-state index in [-0.39, 0.29) is 5.56 Å². The van der Waals surface area contributed by atoms with E-state index in [2.05, 4.69) is 9.98 Å². The van der Waals surface area contributed by atoms with Crippen LogP contribution in [0.2, 0.25) is 0 Å². The number of hydrogen-bond donors (Lipinski definition) is 0. The molecule has 0 aliphatic rings. The molecule has 1 aromatic rings. The van der Waals surface area contributed by atoms with Crippen LogP contribution in [-0.2, 0) is 27.7 Å². The Morgan fingerprint density at radius 2 is 1.43 bits per heavy atom. The highest BCUT2D eigenvalue weighted by molar-refractivity contribution is 8.14. The second-order valence-electron chi connectivity index (χ2n) is 3.50. The summed E-state index contributed by atoms with van der Waals surface area (Å²) in [5, 5.41) is 0. The molecule has 0 amide bonds. The zero-order valence-corrected chi connectivity index (χ0v) is 13.1. The lowest BCUT2D eigenvalue weighted by atomic mass is 10.2. The molecule has 0 bridgehead atoms. The van der Waals surface area contributed by atoms with Crippen molar-refractivity contribution >= 4 is 63.0 Å². The van der Waals surface area contributed by atoms with E-state index < -0.39 is 39.3 Å². The smallest absolute Gasteiger partial charge is 0.211 e. The normalized spacial score (nSPS) is 11.4. The van der Waals surface area contributed by atoms with Gasteiger partial charge in [-0.2, -0.15) is 9.98 Å². The fourth-order valence-electron chi connectivity index (χ4n) is 1.49. The second-order valence-corrected chi connectivity index (χ2v) is 8.54. The van der Waals surface area contributed by atoms with E-state index in [1.165, 1.54) is 6.92 Å². The van der Waals surface area contributed by atoms with Gasteiger partial charge >= 0.3 is 0 Å². The molecule has 21 heavy (non-hydrogen) atoms. The minimum absolute atomic E-state index is 0.0540. The number of halogens is 2. The van der Waals surface area contributed by atoms with Crippen LogP contribution in [-0.4, -0.2) is 29.0 Å². The van der Waals surface area contributed by atoms with Gasteiger partial charge in [0.1, 0.15) is 21.2 Å². The Kier molecular flexibility index (Phi) is 5.06. The first kappa shape index (κ1) is 17.5. The first-order valence-electron chi connectivity index (χ1n) is 4.76. The molecular formula is C9H4Cl2N2O6S2. The quantitative estimate of drug-likeness (QED) is 0.451. The van der Waals surface area contributed by atoms with Crippen molar-refractivity contribution in [2.24, 2.45) is 9.98 Å². The Hall–Kier alpha value is -1.54. The van der Waals surface area contributed by atoms with Crippen LogP contribution in [0.25, 0.3) is 0 Å². The van der Waals surface area contributed by atoms with Crippen molar-refractivity contribution in [3.8, 4) is 0 Å². The van der Waals surface area contributed by atoms with Crippen molar-refractivity contribution in [3.63, 3.8) is 0 Å². The van der Waals surface area contributed by atoms with Crippen LogP contribution < -0.4 is 0 Å². The van der Waals surface area contributed by atoms with Gasteiger partial charge in [-0.1, -0.05) is 0 Å². The summed E-state index contributed by atoms with van der Waals surface area (Å²) in [5.74, 6) is 0. The molecule has 12 heteroatoms. The number of nitrogens with zero attached hydrogens (tertiary/aromatic N) is 2. The van der Waals surface area contributed by atoms with Gasteiger partial charge < -0.3 is 0 Å². The maximum atomic E-state index is 11.6. The SMILES string of the molecule is Cc1cc(S(=O)(=O)Cl)c(N=C=O)c(S(=O)(=O)Cl)c1N=C=O. The lowest BCUT2D eigenvalue weighted by molar-refractivity contribution is 0.564. The van der Waals surface area contributed by atoms with Gasteiger partial charge in [-0.3, -0.25) is 0 Å². The number of isocyanates is 2. The van der Waals surface area contributed by atoms with E-state index in [1.54, 1.807) is 0 Å². The Balaban J connectivity index is 4.26. The summed E-state index contributed by atoms with van der Waals surface area (Å²) >= 11 is 0. The topological polar surface area (TPSA) is 127 Å². The summed E-state index contributed by atoms with van der Waals surface area (Å²) in [6.07, 6.45) is 2.08. The Labute approximate surface area is 128 Å². The zero-order valence-electron chi connectivity index (χ0n) is 9.99. The first-order valence-corrected chi connectivity index (χ1v) is 9.38. The number of benzene rings is 1. The molecule has 0 N–H and O–H groups in total. The average molecular weight is 371 g/mol. The van der Waals surface area contributed by atoms with Crippen LogP contribution in [0.15, 0.2) is 25.8 Å². The average Bonchev–Trinajstić information content (AvgIpc) is 2.30. The molecule has 112 valence electrons. The standard InChI is InChI=1S/C9H4Cl2N2O6S2/c1-5-2-6(20(10,16)17)8(13-4-15)9(21(11,18)19)7(5)12-3-14/h2H,1H3. The maximum Gasteiger partial charge on any atom is 0.265 e. The summed E-state index contributed by atoms with van der Waals surface area (Å²) in [6.45, 7) is 1.25. The first-order chi connectivity index (χ1) is 9.54. The highest BCUT2D eigenvalue weighted by Gasteiger charge is 2.30. The van der Waals surface area contributed by atoms with E-state index >= 15 is 0 Å². The molecule has 0 aromatic heterocycles. The molecule has 0 atom stereocenters. The van der Waals surface area contributed by atoms with Crippen molar-refractivity contribution in [1.82, 2.24) is 0 Å².